The van der Waals surface area contributed by atoms with E-state index in [1.54, 1.807) is 0 Å². The average molecular weight is 323 g/mol. The molecule has 1 N–H and O–H groups in total. The van der Waals surface area contributed by atoms with E-state index in [9.17, 15) is 26.7 Å². The van der Waals surface area contributed by atoms with Gasteiger partial charge in [-0.25, -0.2) is 8.78 Å². The molecule has 1 amide bonds. The molecule has 1 aliphatic heterocycles. The number of aromatic nitrogens is 1. The van der Waals surface area contributed by atoms with Gasteiger partial charge in [-0.3, -0.25) is 9.78 Å². The highest BCUT2D eigenvalue weighted by Gasteiger charge is 2.45. The van der Waals surface area contributed by atoms with Crippen LogP contribution in [0.25, 0.3) is 0 Å². The van der Waals surface area contributed by atoms with Gasteiger partial charge in [0.25, 0.3) is 0 Å². The molecule has 1 aromatic heterocycles. The molecule has 22 heavy (non-hydrogen) atoms. The molecule has 0 aromatic carbocycles. The normalized spacial score (nSPS) is 16.6. The van der Waals surface area contributed by atoms with Gasteiger partial charge in [0.2, 0.25) is 0 Å². The predicted molar refractivity (Wildman–Crippen MR) is 66.6 cm³/mol. The number of nitrogens with zero attached hydrogens (tertiary/aromatic N) is 2. The van der Waals surface area contributed by atoms with Crippen molar-refractivity contribution in [3.05, 3.63) is 29.6 Å². The van der Waals surface area contributed by atoms with Crippen LogP contribution in [0.5, 0.6) is 0 Å². The van der Waals surface area contributed by atoms with Crippen LogP contribution < -0.4 is 5.32 Å². The summed E-state index contributed by atoms with van der Waals surface area (Å²) in [6, 6.07) is -0.136. The smallest absolute Gasteiger partial charge is 0.326 e. The van der Waals surface area contributed by atoms with Crippen LogP contribution in [0.3, 0.4) is 0 Å². The van der Waals surface area contributed by atoms with E-state index < -0.39 is 42.0 Å². The number of alkyl halides is 3. The molecule has 1 saturated heterocycles. The highest BCUT2D eigenvalue weighted by Crippen LogP contribution is 2.25. The maximum Gasteiger partial charge on any atom is 0.471 e. The monoisotopic (exact) mass is 323 g/mol. The number of pyridine rings is 1. The van der Waals surface area contributed by atoms with Crippen LogP contribution in [0.15, 0.2) is 12.3 Å². The molecule has 1 fully saturated rings. The minimum atomic E-state index is -5.05. The van der Waals surface area contributed by atoms with Crippen LogP contribution in [0, 0.1) is 11.6 Å². The first kappa shape index (κ1) is 16.6. The fourth-order valence-corrected chi connectivity index (χ4v) is 2.37. The van der Waals surface area contributed by atoms with Gasteiger partial charge >= 0.3 is 12.1 Å². The Labute approximate surface area is 123 Å². The van der Waals surface area contributed by atoms with Crippen LogP contribution in [0.4, 0.5) is 22.0 Å². The number of carbonyl (C=O) groups excluding carboxylic acids is 1. The summed E-state index contributed by atoms with van der Waals surface area (Å²) in [7, 11) is 0. The van der Waals surface area contributed by atoms with Gasteiger partial charge in [0.15, 0.2) is 0 Å². The van der Waals surface area contributed by atoms with Gasteiger partial charge in [0, 0.05) is 12.1 Å². The Morgan fingerprint density at radius 1 is 1.32 bits per heavy atom. The Kier molecular flexibility index (Phi) is 4.94. The van der Waals surface area contributed by atoms with Crippen molar-refractivity contribution in [2.75, 3.05) is 13.1 Å². The first-order valence-electron chi connectivity index (χ1n) is 6.67. The summed E-state index contributed by atoms with van der Waals surface area (Å²) in [6.45, 7) is 0.284. The Balaban J connectivity index is 2.25. The molecule has 2 rings (SSSR count). The van der Waals surface area contributed by atoms with Gasteiger partial charge in [-0.05, 0) is 25.9 Å². The second-order valence-electron chi connectivity index (χ2n) is 4.99. The number of piperidine rings is 1. The lowest BCUT2D eigenvalue weighted by Crippen LogP contribution is -2.50. The highest BCUT2D eigenvalue weighted by atomic mass is 19.4. The van der Waals surface area contributed by atoms with Crippen molar-refractivity contribution in [2.24, 2.45) is 0 Å². The molecule has 4 nitrogen and oxygen atoms in total. The number of hydrogen-bond donors (Lipinski definition) is 1. The second kappa shape index (κ2) is 6.55. The Morgan fingerprint density at radius 3 is 2.50 bits per heavy atom. The lowest BCUT2D eigenvalue weighted by atomic mass is 10.0. The molecule has 9 heteroatoms. The minimum absolute atomic E-state index is 0.324. The van der Waals surface area contributed by atoms with Crippen molar-refractivity contribution in [1.29, 1.82) is 0 Å². The summed E-state index contributed by atoms with van der Waals surface area (Å²) in [6.07, 6.45) is -3.70. The molecule has 0 radical (unpaired) electrons. The summed E-state index contributed by atoms with van der Waals surface area (Å²) in [5.41, 5.74) is -0.391. The molecular weight excluding hydrogens is 309 g/mol. The maximum atomic E-state index is 13.6. The first-order chi connectivity index (χ1) is 10.3. The number of carbonyl (C=O) groups is 1. The van der Waals surface area contributed by atoms with Crippen molar-refractivity contribution in [2.45, 2.75) is 31.6 Å². The third-order valence-electron chi connectivity index (χ3n) is 3.46. The highest BCUT2D eigenvalue weighted by molar-refractivity contribution is 5.82. The Morgan fingerprint density at radius 2 is 1.95 bits per heavy atom. The van der Waals surface area contributed by atoms with Gasteiger partial charge in [0.05, 0.1) is 18.4 Å². The van der Waals surface area contributed by atoms with E-state index in [2.05, 4.69) is 10.3 Å². The zero-order valence-corrected chi connectivity index (χ0v) is 11.5. The molecular formula is C13H14F5N3O. The fraction of sp³-hybridized carbons (Fsp3) is 0.538. The fourth-order valence-electron chi connectivity index (χ4n) is 2.37. The standard InChI is InChI=1S/C13H14F5N3O/c14-8-5-10(15)11(20-6-8)7-21(12(22)13(16,17)18)9-1-3-19-4-2-9/h5-6,9,19H,1-4,7H2. The summed E-state index contributed by atoms with van der Waals surface area (Å²) in [5, 5.41) is 2.97. The topological polar surface area (TPSA) is 45.2 Å². The summed E-state index contributed by atoms with van der Waals surface area (Å²) < 4.78 is 64.6. The average Bonchev–Trinajstić information content (AvgIpc) is 2.46. The van der Waals surface area contributed by atoms with Crippen LogP contribution >= 0.6 is 0 Å². The number of rotatable bonds is 3. The SMILES string of the molecule is O=C(N(Cc1ncc(F)cc1F)C1CCNCC1)C(F)(F)F. The van der Waals surface area contributed by atoms with E-state index in [4.69, 9.17) is 0 Å². The van der Waals surface area contributed by atoms with E-state index in [1.807, 2.05) is 0 Å². The largest absolute Gasteiger partial charge is 0.471 e. The van der Waals surface area contributed by atoms with Crippen molar-refractivity contribution < 1.29 is 26.7 Å². The zero-order chi connectivity index (χ0) is 16.3. The zero-order valence-electron chi connectivity index (χ0n) is 11.5. The maximum absolute atomic E-state index is 13.6. The Bertz CT molecular complexity index is 543. The molecule has 0 spiro atoms. The van der Waals surface area contributed by atoms with E-state index in [0.717, 1.165) is 0 Å². The van der Waals surface area contributed by atoms with Crippen LogP contribution in [-0.4, -0.2) is 41.1 Å². The summed E-state index contributed by atoms with van der Waals surface area (Å²) in [5.74, 6) is -4.05. The van der Waals surface area contributed by atoms with Gasteiger partial charge in [0.1, 0.15) is 11.6 Å². The van der Waals surface area contributed by atoms with Crippen molar-refractivity contribution in [1.82, 2.24) is 15.2 Å². The molecule has 1 aliphatic rings. The molecule has 0 atom stereocenters. The molecule has 122 valence electrons. The van der Waals surface area contributed by atoms with E-state index in [1.165, 1.54) is 0 Å². The van der Waals surface area contributed by atoms with Crippen LogP contribution in [-0.2, 0) is 11.3 Å². The lowest BCUT2D eigenvalue weighted by Gasteiger charge is -2.34. The predicted octanol–water partition coefficient (Wildman–Crippen LogP) is 2.00. The number of nitrogens with one attached hydrogen (secondary N) is 1. The summed E-state index contributed by atoms with van der Waals surface area (Å²) in [4.78, 5) is 15.6. The van der Waals surface area contributed by atoms with Gasteiger partial charge < -0.3 is 10.2 Å². The summed E-state index contributed by atoms with van der Waals surface area (Å²) >= 11 is 0. The van der Waals surface area contributed by atoms with E-state index >= 15 is 0 Å². The number of amides is 1. The lowest BCUT2D eigenvalue weighted by molar-refractivity contribution is -0.189. The van der Waals surface area contributed by atoms with Crippen LogP contribution in [0.1, 0.15) is 18.5 Å². The van der Waals surface area contributed by atoms with Crippen molar-refractivity contribution in [3.63, 3.8) is 0 Å². The van der Waals surface area contributed by atoms with Crippen molar-refractivity contribution >= 4 is 5.91 Å². The van der Waals surface area contributed by atoms with Gasteiger partial charge in [-0.1, -0.05) is 0 Å². The third-order valence-corrected chi connectivity index (χ3v) is 3.46. The molecule has 0 saturated carbocycles. The number of halogens is 5. The van der Waals surface area contributed by atoms with Gasteiger partial charge in [-0.2, -0.15) is 13.2 Å². The molecule has 0 bridgehead atoms. The molecule has 0 aliphatic carbocycles. The second-order valence-corrected chi connectivity index (χ2v) is 4.99. The van der Waals surface area contributed by atoms with Crippen LogP contribution in [0.2, 0.25) is 0 Å². The molecule has 2 heterocycles. The van der Waals surface area contributed by atoms with E-state index in [0.29, 0.717) is 43.1 Å². The minimum Gasteiger partial charge on any atom is -0.326 e. The molecule has 0 unspecified atom stereocenters. The quantitative estimate of drug-likeness (QED) is 0.866. The Hall–Kier alpha value is -1.77. The number of hydrogen-bond acceptors (Lipinski definition) is 3. The van der Waals surface area contributed by atoms with E-state index in [-0.39, 0.29) is 0 Å². The van der Waals surface area contributed by atoms with Crippen molar-refractivity contribution in [3.8, 4) is 0 Å². The first-order valence-corrected chi connectivity index (χ1v) is 6.67. The third kappa shape index (κ3) is 3.90. The van der Waals surface area contributed by atoms with Gasteiger partial charge in [-0.15, -0.1) is 0 Å². The molecule has 1 aromatic rings.